The van der Waals surface area contributed by atoms with Crippen LogP contribution in [0.4, 0.5) is 4.39 Å². The standard InChI is InChI=1S/C26H28ClFN6O2/c1-18-29-31-34(30-18)17-22-15-23(27)7-3-20(22)6-10-25(35)32(2)16-19-11-13-33(14-12-19)26(36)21-4-8-24(28)9-5-21/h3-10,15,19H,11-14,16-17H2,1-2H3/b10-6+. The third kappa shape index (κ3) is 6.54. The number of piperidine rings is 1. The lowest BCUT2D eigenvalue weighted by Gasteiger charge is -2.33. The van der Waals surface area contributed by atoms with Gasteiger partial charge in [0.25, 0.3) is 5.91 Å². The van der Waals surface area contributed by atoms with Crippen molar-refractivity contribution in [2.45, 2.75) is 26.3 Å². The highest BCUT2D eigenvalue weighted by Crippen LogP contribution is 2.21. The van der Waals surface area contributed by atoms with Gasteiger partial charge in [-0.25, -0.2) is 4.39 Å². The monoisotopic (exact) mass is 510 g/mol. The Labute approximate surface area is 214 Å². The number of amides is 2. The lowest BCUT2D eigenvalue weighted by molar-refractivity contribution is -0.125. The Morgan fingerprint density at radius 3 is 2.56 bits per heavy atom. The molecule has 1 aliphatic heterocycles. The summed E-state index contributed by atoms with van der Waals surface area (Å²) < 4.78 is 13.1. The van der Waals surface area contributed by atoms with Crippen LogP contribution in [0.2, 0.25) is 5.02 Å². The van der Waals surface area contributed by atoms with Crippen molar-refractivity contribution in [3.8, 4) is 0 Å². The van der Waals surface area contributed by atoms with Gasteiger partial charge in [-0.15, -0.1) is 10.2 Å². The summed E-state index contributed by atoms with van der Waals surface area (Å²) in [6.07, 6.45) is 4.94. The van der Waals surface area contributed by atoms with Crippen molar-refractivity contribution in [1.29, 1.82) is 0 Å². The molecule has 4 rings (SSSR count). The Kier molecular flexibility index (Phi) is 8.10. The first-order chi connectivity index (χ1) is 17.3. The molecule has 0 N–H and O–H groups in total. The van der Waals surface area contributed by atoms with Gasteiger partial charge in [-0.2, -0.15) is 4.80 Å². The number of aryl methyl sites for hydroxylation is 1. The van der Waals surface area contributed by atoms with Crippen LogP contribution in [0, 0.1) is 18.7 Å². The second-order valence-corrected chi connectivity index (χ2v) is 9.44. The number of tetrazole rings is 1. The van der Waals surface area contributed by atoms with E-state index in [0.717, 1.165) is 24.0 Å². The molecule has 2 aromatic carbocycles. The van der Waals surface area contributed by atoms with E-state index in [4.69, 9.17) is 11.6 Å². The van der Waals surface area contributed by atoms with E-state index >= 15 is 0 Å². The van der Waals surface area contributed by atoms with Crippen molar-refractivity contribution in [2.75, 3.05) is 26.7 Å². The van der Waals surface area contributed by atoms with E-state index in [1.54, 1.807) is 42.0 Å². The zero-order chi connectivity index (χ0) is 25.7. The average Bonchev–Trinajstić information content (AvgIpc) is 3.28. The molecule has 0 atom stereocenters. The van der Waals surface area contributed by atoms with E-state index in [2.05, 4.69) is 15.4 Å². The van der Waals surface area contributed by atoms with Crippen LogP contribution in [-0.4, -0.2) is 68.5 Å². The van der Waals surface area contributed by atoms with Gasteiger partial charge in [0.15, 0.2) is 5.82 Å². The second kappa shape index (κ2) is 11.4. The molecule has 1 aromatic heterocycles. The molecule has 3 aromatic rings. The van der Waals surface area contributed by atoms with Gasteiger partial charge >= 0.3 is 0 Å². The molecule has 2 heterocycles. The van der Waals surface area contributed by atoms with E-state index in [9.17, 15) is 14.0 Å². The fraction of sp³-hybridized carbons (Fsp3) is 0.346. The van der Waals surface area contributed by atoms with Crippen LogP contribution >= 0.6 is 11.6 Å². The van der Waals surface area contributed by atoms with Crippen LogP contribution < -0.4 is 0 Å². The minimum atomic E-state index is -0.360. The van der Waals surface area contributed by atoms with Crippen LogP contribution in [0.3, 0.4) is 0 Å². The molecule has 1 aliphatic rings. The number of hydrogen-bond acceptors (Lipinski definition) is 5. The number of halogens is 2. The fourth-order valence-electron chi connectivity index (χ4n) is 4.28. The number of rotatable bonds is 7. The maximum Gasteiger partial charge on any atom is 0.253 e. The number of likely N-dealkylation sites (tertiary alicyclic amines) is 1. The lowest BCUT2D eigenvalue weighted by Crippen LogP contribution is -2.41. The number of hydrogen-bond donors (Lipinski definition) is 0. The first-order valence-corrected chi connectivity index (χ1v) is 12.2. The quantitative estimate of drug-likeness (QED) is 0.451. The Hall–Kier alpha value is -3.59. The van der Waals surface area contributed by atoms with Crippen LogP contribution in [-0.2, 0) is 11.3 Å². The van der Waals surface area contributed by atoms with Crippen LogP contribution in [0.1, 0.15) is 40.2 Å². The molecule has 0 bridgehead atoms. The molecule has 0 saturated carbocycles. The van der Waals surface area contributed by atoms with Gasteiger partial charge < -0.3 is 9.80 Å². The van der Waals surface area contributed by atoms with Crippen molar-refractivity contribution in [3.05, 3.63) is 81.9 Å². The molecule has 0 unspecified atom stereocenters. The minimum absolute atomic E-state index is 0.0872. The summed E-state index contributed by atoms with van der Waals surface area (Å²) in [5, 5.41) is 12.7. The lowest BCUT2D eigenvalue weighted by atomic mass is 9.95. The summed E-state index contributed by atoms with van der Waals surface area (Å²) in [5.41, 5.74) is 2.22. The number of benzene rings is 2. The van der Waals surface area contributed by atoms with Crippen LogP contribution in [0.25, 0.3) is 6.08 Å². The Morgan fingerprint density at radius 1 is 1.17 bits per heavy atom. The van der Waals surface area contributed by atoms with Gasteiger partial charge in [0.05, 0.1) is 6.54 Å². The molecule has 0 radical (unpaired) electrons. The molecule has 0 aliphatic carbocycles. The molecule has 2 amide bonds. The van der Waals surface area contributed by atoms with Crippen LogP contribution in [0.15, 0.2) is 48.5 Å². The predicted molar refractivity (Wildman–Crippen MR) is 135 cm³/mol. The Balaban J connectivity index is 1.31. The van der Waals surface area contributed by atoms with Crippen molar-refractivity contribution >= 4 is 29.5 Å². The molecule has 36 heavy (non-hydrogen) atoms. The Bertz CT molecular complexity index is 1250. The van der Waals surface area contributed by atoms with Gasteiger partial charge in [-0.3, -0.25) is 9.59 Å². The highest BCUT2D eigenvalue weighted by Gasteiger charge is 2.25. The number of carbonyl (C=O) groups excluding carboxylic acids is 2. The molecule has 1 fully saturated rings. The normalized spacial score (nSPS) is 14.4. The SMILES string of the molecule is Cc1nnn(Cc2cc(Cl)ccc2/C=C/C(=O)N(C)CC2CCN(C(=O)c3ccc(F)cc3)CC2)n1. The van der Waals surface area contributed by atoms with Gasteiger partial charge in [-0.1, -0.05) is 17.7 Å². The molecule has 1 saturated heterocycles. The van der Waals surface area contributed by atoms with E-state index in [1.165, 1.54) is 29.1 Å². The number of aromatic nitrogens is 4. The first kappa shape index (κ1) is 25.5. The summed E-state index contributed by atoms with van der Waals surface area (Å²) in [6, 6.07) is 11.1. The molecule has 8 nitrogen and oxygen atoms in total. The van der Waals surface area contributed by atoms with Crippen molar-refractivity contribution in [3.63, 3.8) is 0 Å². The van der Waals surface area contributed by atoms with Gasteiger partial charge in [-0.05, 0) is 84.5 Å². The fourth-order valence-corrected chi connectivity index (χ4v) is 4.47. The largest absolute Gasteiger partial charge is 0.342 e. The van der Waals surface area contributed by atoms with Crippen molar-refractivity contribution < 1.29 is 14.0 Å². The van der Waals surface area contributed by atoms with E-state index in [0.29, 0.717) is 48.5 Å². The highest BCUT2D eigenvalue weighted by molar-refractivity contribution is 6.30. The zero-order valence-corrected chi connectivity index (χ0v) is 21.0. The highest BCUT2D eigenvalue weighted by atomic mass is 35.5. The average molecular weight is 511 g/mol. The van der Waals surface area contributed by atoms with Gasteiger partial charge in [0.1, 0.15) is 5.82 Å². The summed E-state index contributed by atoms with van der Waals surface area (Å²) in [5.74, 6) is 0.335. The molecular formula is C26H28ClFN6O2. The van der Waals surface area contributed by atoms with Crippen molar-refractivity contribution in [2.24, 2.45) is 5.92 Å². The third-order valence-electron chi connectivity index (χ3n) is 6.28. The predicted octanol–water partition coefficient (Wildman–Crippen LogP) is 3.85. The number of nitrogens with zero attached hydrogens (tertiary/aromatic N) is 6. The second-order valence-electron chi connectivity index (χ2n) is 9.00. The summed E-state index contributed by atoms with van der Waals surface area (Å²) in [6.45, 7) is 3.99. The molecule has 0 spiro atoms. The first-order valence-electron chi connectivity index (χ1n) is 11.8. The maximum atomic E-state index is 13.1. The van der Waals surface area contributed by atoms with Crippen LogP contribution in [0.5, 0.6) is 0 Å². The number of likely N-dealkylation sites (N-methyl/N-ethyl adjacent to an activating group) is 1. The van der Waals surface area contributed by atoms with E-state index in [-0.39, 0.29) is 17.6 Å². The third-order valence-corrected chi connectivity index (χ3v) is 6.51. The molecule has 188 valence electrons. The smallest absolute Gasteiger partial charge is 0.253 e. The maximum absolute atomic E-state index is 13.1. The molecular weight excluding hydrogens is 483 g/mol. The van der Waals surface area contributed by atoms with E-state index < -0.39 is 0 Å². The van der Waals surface area contributed by atoms with Gasteiger partial charge in [0.2, 0.25) is 5.91 Å². The summed E-state index contributed by atoms with van der Waals surface area (Å²) in [7, 11) is 1.79. The number of carbonyl (C=O) groups is 2. The van der Waals surface area contributed by atoms with Gasteiger partial charge in [0, 0.05) is 43.3 Å². The van der Waals surface area contributed by atoms with Crippen molar-refractivity contribution in [1.82, 2.24) is 30.0 Å². The zero-order valence-electron chi connectivity index (χ0n) is 20.3. The molecule has 10 heteroatoms. The minimum Gasteiger partial charge on any atom is -0.342 e. The summed E-state index contributed by atoms with van der Waals surface area (Å²) in [4.78, 5) is 30.4. The van der Waals surface area contributed by atoms with E-state index in [1.807, 2.05) is 12.1 Å². The topological polar surface area (TPSA) is 84.2 Å². The summed E-state index contributed by atoms with van der Waals surface area (Å²) >= 11 is 6.18. The Morgan fingerprint density at radius 2 is 1.89 bits per heavy atom.